The van der Waals surface area contributed by atoms with Crippen molar-refractivity contribution in [2.24, 2.45) is 5.92 Å². The lowest BCUT2D eigenvalue weighted by atomic mass is 10.1. The highest BCUT2D eigenvalue weighted by atomic mass is 35.5. The zero-order valence-electron chi connectivity index (χ0n) is 17.9. The molecule has 1 saturated heterocycles. The van der Waals surface area contributed by atoms with E-state index in [4.69, 9.17) is 16.3 Å². The number of carbonyl (C=O) groups excluding carboxylic acids is 1. The van der Waals surface area contributed by atoms with Crippen molar-refractivity contribution in [3.63, 3.8) is 0 Å². The Kier molecular flexibility index (Phi) is 7.59. The first-order valence-electron chi connectivity index (χ1n) is 10.2. The summed E-state index contributed by atoms with van der Waals surface area (Å²) in [5, 5.41) is 6.44. The lowest BCUT2D eigenvalue weighted by molar-refractivity contribution is -0.116. The average molecular weight is 466 g/mol. The number of benzene rings is 2. The van der Waals surface area contributed by atoms with Gasteiger partial charge in [-0.2, -0.15) is 4.31 Å². The van der Waals surface area contributed by atoms with Crippen LogP contribution in [0.1, 0.15) is 25.8 Å². The molecule has 0 bridgehead atoms. The molecule has 2 aromatic rings. The molecule has 1 heterocycles. The number of piperazine rings is 1. The molecule has 7 nitrogen and oxygen atoms in total. The Balaban J connectivity index is 1.99. The van der Waals surface area contributed by atoms with Crippen LogP contribution in [-0.4, -0.2) is 44.8 Å². The van der Waals surface area contributed by atoms with E-state index in [2.05, 4.69) is 10.6 Å². The predicted octanol–water partition coefficient (Wildman–Crippen LogP) is 4.02. The van der Waals surface area contributed by atoms with E-state index in [0.29, 0.717) is 49.1 Å². The topological polar surface area (TPSA) is 87.7 Å². The van der Waals surface area contributed by atoms with Gasteiger partial charge in [0, 0.05) is 43.3 Å². The van der Waals surface area contributed by atoms with Crippen LogP contribution in [0.5, 0.6) is 11.5 Å². The standard InChI is InChI=1S/C22H28ClN3O4S/c1-15(2)10-22(27)25-18-4-5-20(30-19-12-16(3)11-17(23)13-19)21(14-18)31(28,29)26-8-6-24-7-9-26/h4-5,11-15,24H,6-10H2,1-3H3,(H,25,27). The molecule has 0 saturated carbocycles. The van der Waals surface area contributed by atoms with Crippen LogP contribution in [0.15, 0.2) is 41.3 Å². The third-order valence-corrected chi connectivity index (χ3v) is 6.90. The molecule has 0 spiro atoms. The average Bonchev–Trinajstić information content (AvgIpc) is 2.68. The van der Waals surface area contributed by atoms with Crippen molar-refractivity contribution in [2.75, 3.05) is 31.5 Å². The van der Waals surface area contributed by atoms with Crippen LogP contribution >= 0.6 is 11.6 Å². The minimum atomic E-state index is -3.83. The Bertz CT molecular complexity index is 1030. The van der Waals surface area contributed by atoms with Crippen molar-refractivity contribution in [1.29, 1.82) is 0 Å². The van der Waals surface area contributed by atoms with Crippen LogP contribution in [0.4, 0.5) is 5.69 Å². The highest BCUT2D eigenvalue weighted by molar-refractivity contribution is 7.89. The Morgan fingerprint density at radius 1 is 1.19 bits per heavy atom. The van der Waals surface area contributed by atoms with E-state index in [9.17, 15) is 13.2 Å². The van der Waals surface area contributed by atoms with Crippen molar-refractivity contribution in [2.45, 2.75) is 32.1 Å². The highest BCUT2D eigenvalue weighted by Gasteiger charge is 2.30. The van der Waals surface area contributed by atoms with Gasteiger partial charge in [-0.1, -0.05) is 25.4 Å². The Labute approximate surface area is 188 Å². The minimum Gasteiger partial charge on any atom is -0.456 e. The minimum absolute atomic E-state index is 0.00868. The van der Waals surface area contributed by atoms with Crippen molar-refractivity contribution < 1.29 is 17.9 Å². The monoisotopic (exact) mass is 465 g/mol. The molecule has 1 aliphatic heterocycles. The van der Waals surface area contributed by atoms with Gasteiger partial charge in [-0.05, 0) is 54.8 Å². The van der Waals surface area contributed by atoms with E-state index in [0.717, 1.165) is 5.56 Å². The fraction of sp³-hybridized carbons (Fsp3) is 0.409. The number of nitrogens with zero attached hydrogens (tertiary/aromatic N) is 1. The van der Waals surface area contributed by atoms with Gasteiger partial charge in [0.15, 0.2) is 0 Å². The van der Waals surface area contributed by atoms with Gasteiger partial charge in [0.1, 0.15) is 16.4 Å². The van der Waals surface area contributed by atoms with Gasteiger partial charge in [0.25, 0.3) is 0 Å². The first kappa shape index (κ1) is 23.5. The maximum absolute atomic E-state index is 13.4. The molecular formula is C22H28ClN3O4S. The predicted molar refractivity (Wildman–Crippen MR) is 122 cm³/mol. The molecule has 1 amide bonds. The molecule has 31 heavy (non-hydrogen) atoms. The van der Waals surface area contributed by atoms with Crippen LogP contribution in [0.25, 0.3) is 0 Å². The van der Waals surface area contributed by atoms with Crippen molar-refractivity contribution in [1.82, 2.24) is 9.62 Å². The maximum Gasteiger partial charge on any atom is 0.246 e. The third-order valence-electron chi connectivity index (χ3n) is 4.76. The van der Waals surface area contributed by atoms with Gasteiger partial charge in [0.05, 0.1) is 0 Å². The summed E-state index contributed by atoms with van der Waals surface area (Å²) in [6.45, 7) is 7.66. The number of nitrogens with one attached hydrogen (secondary N) is 2. The number of ether oxygens (including phenoxy) is 1. The van der Waals surface area contributed by atoms with Gasteiger partial charge in [-0.3, -0.25) is 4.79 Å². The molecule has 2 N–H and O–H groups in total. The number of anilines is 1. The number of rotatable bonds is 7. The summed E-state index contributed by atoms with van der Waals surface area (Å²) in [5.41, 5.74) is 1.31. The highest BCUT2D eigenvalue weighted by Crippen LogP contribution is 2.34. The fourth-order valence-corrected chi connectivity index (χ4v) is 5.23. The summed E-state index contributed by atoms with van der Waals surface area (Å²) in [6.07, 6.45) is 0.347. The number of halogens is 1. The van der Waals surface area contributed by atoms with E-state index in [1.165, 1.54) is 10.4 Å². The molecule has 0 radical (unpaired) electrons. The molecule has 3 rings (SSSR count). The number of hydrogen-bond donors (Lipinski definition) is 2. The Morgan fingerprint density at radius 3 is 2.55 bits per heavy atom. The fourth-order valence-electron chi connectivity index (χ4n) is 3.37. The van der Waals surface area contributed by atoms with Gasteiger partial charge in [-0.15, -0.1) is 0 Å². The zero-order valence-corrected chi connectivity index (χ0v) is 19.5. The molecule has 0 unspecified atom stereocenters. The van der Waals surface area contributed by atoms with Crippen molar-refractivity contribution in [3.8, 4) is 11.5 Å². The van der Waals surface area contributed by atoms with Crippen LogP contribution < -0.4 is 15.4 Å². The van der Waals surface area contributed by atoms with Crippen LogP contribution in [0.2, 0.25) is 5.02 Å². The smallest absolute Gasteiger partial charge is 0.246 e. The maximum atomic E-state index is 13.4. The molecular weight excluding hydrogens is 438 g/mol. The summed E-state index contributed by atoms with van der Waals surface area (Å²) in [4.78, 5) is 12.2. The lowest BCUT2D eigenvalue weighted by Crippen LogP contribution is -2.46. The Morgan fingerprint density at radius 2 is 1.90 bits per heavy atom. The van der Waals surface area contributed by atoms with Crippen LogP contribution in [0.3, 0.4) is 0 Å². The van der Waals surface area contributed by atoms with E-state index in [1.54, 1.807) is 30.3 Å². The van der Waals surface area contributed by atoms with Crippen LogP contribution in [0, 0.1) is 12.8 Å². The van der Waals surface area contributed by atoms with E-state index < -0.39 is 10.0 Å². The number of hydrogen-bond acceptors (Lipinski definition) is 5. The van der Waals surface area contributed by atoms with E-state index in [1.807, 2.05) is 20.8 Å². The van der Waals surface area contributed by atoms with Gasteiger partial charge in [-0.25, -0.2) is 8.42 Å². The second kappa shape index (κ2) is 9.99. The van der Waals surface area contributed by atoms with Gasteiger partial charge >= 0.3 is 0 Å². The Hall–Kier alpha value is -2.13. The molecule has 9 heteroatoms. The first-order valence-corrected chi connectivity index (χ1v) is 12.1. The van der Waals surface area contributed by atoms with Crippen molar-refractivity contribution in [3.05, 3.63) is 47.0 Å². The zero-order chi connectivity index (χ0) is 22.6. The molecule has 1 fully saturated rings. The second-order valence-corrected chi connectivity index (χ2v) is 10.4. The van der Waals surface area contributed by atoms with E-state index in [-0.39, 0.29) is 22.5 Å². The third kappa shape index (κ3) is 6.20. The summed E-state index contributed by atoms with van der Waals surface area (Å²) in [7, 11) is -3.83. The summed E-state index contributed by atoms with van der Waals surface area (Å²) in [6, 6.07) is 9.88. The largest absolute Gasteiger partial charge is 0.456 e. The lowest BCUT2D eigenvalue weighted by Gasteiger charge is -2.27. The SMILES string of the molecule is Cc1cc(Cl)cc(Oc2ccc(NC(=O)CC(C)C)cc2S(=O)(=O)N2CCNCC2)c1. The molecule has 168 valence electrons. The number of carbonyl (C=O) groups is 1. The summed E-state index contributed by atoms with van der Waals surface area (Å²) < 4.78 is 34.2. The van der Waals surface area contributed by atoms with Gasteiger partial charge < -0.3 is 15.4 Å². The van der Waals surface area contributed by atoms with E-state index >= 15 is 0 Å². The first-order chi connectivity index (χ1) is 14.6. The summed E-state index contributed by atoms with van der Waals surface area (Å²) >= 11 is 6.13. The molecule has 2 aromatic carbocycles. The molecule has 0 aliphatic carbocycles. The number of sulfonamides is 1. The quantitative estimate of drug-likeness (QED) is 0.644. The second-order valence-electron chi connectivity index (χ2n) is 8.03. The molecule has 1 aliphatic rings. The normalized spacial score (nSPS) is 15.1. The number of aryl methyl sites for hydroxylation is 1. The van der Waals surface area contributed by atoms with Crippen molar-refractivity contribution >= 4 is 33.2 Å². The van der Waals surface area contributed by atoms with Crippen LogP contribution in [-0.2, 0) is 14.8 Å². The summed E-state index contributed by atoms with van der Waals surface area (Å²) in [5.74, 6) is 0.651. The molecule has 0 atom stereocenters. The number of amides is 1. The molecule has 0 aromatic heterocycles. The van der Waals surface area contributed by atoms with Gasteiger partial charge in [0.2, 0.25) is 15.9 Å².